The average molecular weight is 397 g/mol. The van der Waals surface area contributed by atoms with Gasteiger partial charge in [-0.25, -0.2) is 4.98 Å². The molecule has 1 amide bonds. The molecule has 0 fully saturated rings. The van der Waals surface area contributed by atoms with Gasteiger partial charge in [-0.1, -0.05) is 30.3 Å². The van der Waals surface area contributed by atoms with Gasteiger partial charge in [0.1, 0.15) is 5.75 Å². The summed E-state index contributed by atoms with van der Waals surface area (Å²) in [4.78, 5) is 18.5. The predicted molar refractivity (Wildman–Crippen MR) is 110 cm³/mol. The van der Waals surface area contributed by atoms with E-state index in [9.17, 15) is 4.79 Å². The van der Waals surface area contributed by atoms with Gasteiger partial charge in [0.15, 0.2) is 0 Å². The molecule has 2 heterocycles. The number of aryl methyl sites for hydroxylation is 1. The number of amides is 1. The van der Waals surface area contributed by atoms with Gasteiger partial charge in [0, 0.05) is 28.0 Å². The van der Waals surface area contributed by atoms with Gasteiger partial charge in [0.2, 0.25) is 0 Å². The normalized spacial score (nSPS) is 15.7. The highest BCUT2D eigenvalue weighted by Gasteiger charge is 2.24. The number of rotatable bonds is 5. The minimum absolute atomic E-state index is 0.0262. The van der Waals surface area contributed by atoms with Crippen LogP contribution in [0.4, 0.5) is 0 Å². The number of thioether (sulfide) groups is 1. The van der Waals surface area contributed by atoms with E-state index in [1.54, 1.807) is 23.1 Å². The Morgan fingerprint density at radius 1 is 1.26 bits per heavy atom. The van der Waals surface area contributed by atoms with Crippen LogP contribution in [0.15, 0.2) is 58.8 Å². The molecule has 0 aliphatic carbocycles. The maximum absolute atomic E-state index is 13.0. The summed E-state index contributed by atoms with van der Waals surface area (Å²) in [6.07, 6.45) is 0.774. The van der Waals surface area contributed by atoms with Crippen LogP contribution in [-0.4, -0.2) is 17.5 Å². The summed E-state index contributed by atoms with van der Waals surface area (Å²) < 4.78 is 5.69. The van der Waals surface area contributed by atoms with E-state index in [0.29, 0.717) is 12.2 Å². The fourth-order valence-corrected chi connectivity index (χ4v) is 4.79. The van der Waals surface area contributed by atoms with Gasteiger partial charge < -0.3 is 10.1 Å². The number of hydrogen-bond acceptors (Lipinski definition) is 5. The van der Waals surface area contributed by atoms with E-state index in [-0.39, 0.29) is 11.9 Å². The summed E-state index contributed by atoms with van der Waals surface area (Å²) in [5.74, 6) is 1.57. The maximum Gasteiger partial charge on any atom is 0.252 e. The van der Waals surface area contributed by atoms with Crippen LogP contribution in [0.1, 0.15) is 39.1 Å². The van der Waals surface area contributed by atoms with Gasteiger partial charge in [-0.3, -0.25) is 4.79 Å². The minimum atomic E-state index is -0.0470. The molecule has 2 aromatic carbocycles. The minimum Gasteiger partial charge on any atom is -0.493 e. The Balaban J connectivity index is 1.49. The molecule has 4 nitrogen and oxygen atoms in total. The third-order valence-corrected chi connectivity index (χ3v) is 6.37. The second-order valence-electron chi connectivity index (χ2n) is 6.34. The number of fused-ring (bicyclic) bond motifs is 1. The number of thiazole rings is 1. The molecular weight excluding hydrogens is 376 g/mol. The molecule has 6 heteroatoms. The molecule has 1 aliphatic heterocycles. The van der Waals surface area contributed by atoms with E-state index >= 15 is 0 Å². The van der Waals surface area contributed by atoms with Crippen molar-refractivity contribution in [2.24, 2.45) is 0 Å². The first kappa shape index (κ1) is 18.1. The summed E-state index contributed by atoms with van der Waals surface area (Å²) in [6, 6.07) is 15.6. The number of hydrogen-bond donors (Lipinski definition) is 1. The fraction of sp³-hybridized carbons (Fsp3) is 0.238. The quantitative estimate of drug-likeness (QED) is 0.617. The number of aromatic nitrogens is 1. The molecule has 0 radical (unpaired) electrons. The van der Waals surface area contributed by atoms with Crippen molar-refractivity contribution in [2.45, 2.75) is 30.0 Å². The van der Waals surface area contributed by atoms with Crippen LogP contribution >= 0.6 is 23.1 Å². The van der Waals surface area contributed by atoms with Crippen molar-refractivity contribution >= 4 is 29.0 Å². The second kappa shape index (κ2) is 8.15. The van der Waals surface area contributed by atoms with Gasteiger partial charge in [-0.15, -0.1) is 23.1 Å². The lowest BCUT2D eigenvalue weighted by Gasteiger charge is -2.26. The van der Waals surface area contributed by atoms with Crippen molar-refractivity contribution in [3.63, 3.8) is 0 Å². The van der Waals surface area contributed by atoms with Crippen LogP contribution in [0, 0.1) is 6.92 Å². The number of carbonyl (C=O) groups is 1. The summed E-state index contributed by atoms with van der Waals surface area (Å²) in [5, 5.41) is 6.33. The first-order chi connectivity index (χ1) is 13.2. The number of carbonyl (C=O) groups excluding carboxylic acids is 1. The van der Waals surface area contributed by atoms with Crippen molar-refractivity contribution in [1.82, 2.24) is 10.3 Å². The molecule has 3 aromatic rings. The number of nitrogens with zero attached hydrogens (tertiary/aromatic N) is 1. The average Bonchev–Trinajstić information content (AvgIpc) is 3.12. The maximum atomic E-state index is 13.0. The third kappa shape index (κ3) is 4.17. The first-order valence-corrected chi connectivity index (χ1v) is 10.7. The molecular formula is C21H20N2O2S2. The Kier molecular flexibility index (Phi) is 5.45. The van der Waals surface area contributed by atoms with Gasteiger partial charge in [-0.05, 0) is 25.1 Å². The topological polar surface area (TPSA) is 51.2 Å². The van der Waals surface area contributed by atoms with Gasteiger partial charge in [-0.2, -0.15) is 0 Å². The zero-order valence-corrected chi connectivity index (χ0v) is 16.6. The van der Waals surface area contributed by atoms with Crippen molar-refractivity contribution in [3.8, 4) is 5.75 Å². The molecule has 1 aromatic heterocycles. The van der Waals surface area contributed by atoms with Gasteiger partial charge >= 0.3 is 0 Å². The van der Waals surface area contributed by atoms with Crippen LogP contribution < -0.4 is 10.1 Å². The largest absolute Gasteiger partial charge is 0.493 e. The summed E-state index contributed by atoms with van der Waals surface area (Å²) in [6.45, 7) is 2.62. The Morgan fingerprint density at radius 2 is 2.07 bits per heavy atom. The summed E-state index contributed by atoms with van der Waals surface area (Å²) in [5.41, 5.74) is 2.80. The lowest BCUT2D eigenvalue weighted by atomic mass is 10.00. The molecule has 1 N–H and O–H groups in total. The standard InChI is InChI=1S/C21H20N2O2S2/c1-14-22-15(12-26-14)13-27-20-9-5-3-7-17(20)21(24)23-18-10-11-25-19-8-4-2-6-16(18)19/h2-9,12,18H,10-11,13H2,1H3,(H,23,24). The molecule has 1 atom stereocenters. The number of nitrogens with one attached hydrogen (secondary N) is 1. The fourth-order valence-electron chi connectivity index (χ4n) is 3.13. The van der Waals surface area contributed by atoms with Crippen LogP contribution in [0.2, 0.25) is 0 Å². The molecule has 0 saturated carbocycles. The van der Waals surface area contributed by atoms with Crippen LogP contribution in [0.25, 0.3) is 0 Å². The Labute approximate surface area is 167 Å². The summed E-state index contributed by atoms with van der Waals surface area (Å²) in [7, 11) is 0. The highest BCUT2D eigenvalue weighted by molar-refractivity contribution is 7.98. The molecule has 1 unspecified atom stereocenters. The van der Waals surface area contributed by atoms with E-state index in [1.165, 1.54) is 0 Å². The number of para-hydroxylation sites is 1. The zero-order chi connectivity index (χ0) is 18.6. The lowest BCUT2D eigenvalue weighted by Crippen LogP contribution is -2.32. The highest BCUT2D eigenvalue weighted by atomic mass is 32.2. The Bertz CT molecular complexity index is 955. The van der Waals surface area contributed by atoms with Crippen molar-refractivity contribution < 1.29 is 9.53 Å². The Morgan fingerprint density at radius 3 is 2.93 bits per heavy atom. The molecule has 138 valence electrons. The molecule has 27 heavy (non-hydrogen) atoms. The number of ether oxygens (including phenoxy) is 1. The predicted octanol–water partition coefficient (Wildman–Crippen LogP) is 5.00. The smallest absolute Gasteiger partial charge is 0.252 e. The Hall–Kier alpha value is -2.31. The van der Waals surface area contributed by atoms with Crippen LogP contribution in [0.3, 0.4) is 0 Å². The van der Waals surface area contributed by atoms with Gasteiger partial charge in [0.05, 0.1) is 28.9 Å². The number of benzene rings is 2. The molecule has 1 aliphatic rings. The lowest BCUT2D eigenvalue weighted by molar-refractivity contribution is 0.0922. The SMILES string of the molecule is Cc1nc(CSc2ccccc2C(=O)NC2CCOc3ccccc32)cs1. The van der Waals surface area contributed by atoms with E-state index in [2.05, 4.69) is 15.7 Å². The molecule has 0 bridgehead atoms. The summed E-state index contributed by atoms with van der Waals surface area (Å²) >= 11 is 3.30. The van der Waals surface area contributed by atoms with Crippen molar-refractivity contribution in [3.05, 3.63) is 75.7 Å². The molecule has 0 spiro atoms. The van der Waals surface area contributed by atoms with E-state index < -0.39 is 0 Å². The van der Waals surface area contributed by atoms with E-state index in [4.69, 9.17) is 4.74 Å². The van der Waals surface area contributed by atoms with Crippen LogP contribution in [0.5, 0.6) is 5.75 Å². The van der Waals surface area contributed by atoms with E-state index in [1.807, 2.05) is 55.5 Å². The molecule has 4 rings (SSSR count). The third-order valence-electron chi connectivity index (χ3n) is 4.44. The van der Waals surface area contributed by atoms with Gasteiger partial charge in [0.25, 0.3) is 5.91 Å². The zero-order valence-electron chi connectivity index (χ0n) is 15.0. The second-order valence-corrected chi connectivity index (χ2v) is 8.42. The molecule has 0 saturated heterocycles. The highest BCUT2D eigenvalue weighted by Crippen LogP contribution is 2.32. The monoisotopic (exact) mass is 396 g/mol. The van der Waals surface area contributed by atoms with Crippen molar-refractivity contribution in [1.29, 1.82) is 0 Å². The first-order valence-electron chi connectivity index (χ1n) is 8.86. The van der Waals surface area contributed by atoms with E-state index in [0.717, 1.165) is 39.1 Å². The van der Waals surface area contributed by atoms with Crippen molar-refractivity contribution in [2.75, 3.05) is 6.61 Å². The van der Waals surface area contributed by atoms with Crippen LogP contribution in [-0.2, 0) is 5.75 Å².